The van der Waals surface area contributed by atoms with Gasteiger partial charge in [0.15, 0.2) is 10.9 Å². The minimum atomic E-state index is 0.0666. The van der Waals surface area contributed by atoms with Gasteiger partial charge >= 0.3 is 0 Å². The summed E-state index contributed by atoms with van der Waals surface area (Å²) in [7, 11) is 1.89. The molecule has 4 rings (SSSR count). The Morgan fingerprint density at radius 3 is 2.96 bits per heavy atom. The van der Waals surface area contributed by atoms with Gasteiger partial charge in [-0.05, 0) is 30.2 Å². The standard InChI is InChI=1S/C21H23N3OS/c1-22-21-23-17(14-26-21)13-24-11-5-8-16(12-24)20(25)19-10-4-7-15-6-2-3-9-18(15)19/h2-4,6-7,9-10,14,16H,5,8,11-13H2,1H3,(H,22,23)/t16-/m1/s1. The van der Waals surface area contributed by atoms with E-state index in [1.807, 2.05) is 31.3 Å². The average Bonchev–Trinajstić information content (AvgIpc) is 3.15. The van der Waals surface area contributed by atoms with Crippen molar-refractivity contribution in [1.29, 1.82) is 0 Å². The maximum absolute atomic E-state index is 13.2. The highest BCUT2D eigenvalue weighted by Crippen LogP contribution is 2.27. The van der Waals surface area contributed by atoms with E-state index in [1.54, 1.807) is 11.3 Å². The number of hydrogen-bond donors (Lipinski definition) is 1. The summed E-state index contributed by atoms with van der Waals surface area (Å²) in [5.41, 5.74) is 1.94. The van der Waals surface area contributed by atoms with Gasteiger partial charge in [0.2, 0.25) is 0 Å². The van der Waals surface area contributed by atoms with Crippen LogP contribution in [0.25, 0.3) is 10.8 Å². The molecule has 2 heterocycles. The molecule has 26 heavy (non-hydrogen) atoms. The van der Waals surface area contributed by atoms with Crippen molar-refractivity contribution in [2.75, 3.05) is 25.5 Å². The number of fused-ring (bicyclic) bond motifs is 1. The first-order valence-electron chi connectivity index (χ1n) is 9.11. The highest BCUT2D eigenvalue weighted by Gasteiger charge is 2.27. The third-order valence-electron chi connectivity index (χ3n) is 5.08. The first kappa shape index (κ1) is 17.2. The molecule has 1 N–H and O–H groups in total. The molecule has 0 unspecified atom stereocenters. The van der Waals surface area contributed by atoms with Crippen molar-refractivity contribution in [3.63, 3.8) is 0 Å². The molecule has 1 aromatic heterocycles. The van der Waals surface area contributed by atoms with Crippen molar-refractivity contribution >= 4 is 33.0 Å². The van der Waals surface area contributed by atoms with Crippen LogP contribution in [0.4, 0.5) is 5.13 Å². The summed E-state index contributed by atoms with van der Waals surface area (Å²) >= 11 is 1.63. The minimum Gasteiger partial charge on any atom is -0.365 e. The van der Waals surface area contributed by atoms with Gasteiger partial charge in [0.1, 0.15) is 0 Å². The first-order valence-corrected chi connectivity index (χ1v) is 9.99. The van der Waals surface area contributed by atoms with Crippen LogP contribution >= 0.6 is 11.3 Å². The predicted molar refractivity (Wildman–Crippen MR) is 108 cm³/mol. The number of carbonyl (C=O) groups excluding carboxylic acids is 1. The Bertz CT molecular complexity index is 915. The highest BCUT2D eigenvalue weighted by atomic mass is 32.1. The fourth-order valence-corrected chi connectivity index (χ4v) is 4.46. The third-order valence-corrected chi connectivity index (χ3v) is 5.99. The molecule has 5 heteroatoms. The molecule has 4 nitrogen and oxygen atoms in total. The summed E-state index contributed by atoms with van der Waals surface area (Å²) in [6.45, 7) is 2.66. The van der Waals surface area contributed by atoms with E-state index in [-0.39, 0.29) is 11.7 Å². The molecule has 0 radical (unpaired) electrons. The highest BCUT2D eigenvalue weighted by molar-refractivity contribution is 7.13. The Morgan fingerprint density at radius 2 is 2.12 bits per heavy atom. The van der Waals surface area contributed by atoms with Crippen LogP contribution in [0.1, 0.15) is 28.9 Å². The summed E-state index contributed by atoms with van der Waals surface area (Å²) in [5, 5.41) is 8.33. The van der Waals surface area contributed by atoms with Gasteiger partial charge in [-0.3, -0.25) is 9.69 Å². The molecule has 1 fully saturated rings. The maximum atomic E-state index is 13.2. The Hall–Kier alpha value is -2.24. The summed E-state index contributed by atoms with van der Waals surface area (Å²) < 4.78 is 0. The maximum Gasteiger partial charge on any atom is 0.182 e. The van der Waals surface area contributed by atoms with E-state index >= 15 is 0 Å². The minimum absolute atomic E-state index is 0.0666. The average molecular weight is 366 g/mol. The van der Waals surface area contributed by atoms with Crippen molar-refractivity contribution in [2.45, 2.75) is 19.4 Å². The number of nitrogens with zero attached hydrogens (tertiary/aromatic N) is 2. The summed E-state index contributed by atoms with van der Waals surface area (Å²) in [6, 6.07) is 14.2. The fraction of sp³-hybridized carbons (Fsp3) is 0.333. The van der Waals surface area contributed by atoms with Crippen molar-refractivity contribution in [3.05, 3.63) is 59.1 Å². The van der Waals surface area contributed by atoms with Crippen LogP contribution in [0.2, 0.25) is 0 Å². The zero-order valence-corrected chi connectivity index (χ0v) is 15.8. The number of carbonyl (C=O) groups is 1. The van der Waals surface area contributed by atoms with Gasteiger partial charge in [-0.1, -0.05) is 42.5 Å². The lowest BCUT2D eigenvalue weighted by Crippen LogP contribution is -2.38. The molecule has 1 aliphatic rings. The molecular formula is C21H23N3OS. The lowest BCUT2D eigenvalue weighted by atomic mass is 9.88. The van der Waals surface area contributed by atoms with E-state index in [2.05, 4.69) is 38.8 Å². The molecule has 0 bridgehead atoms. The second kappa shape index (κ2) is 7.56. The summed E-state index contributed by atoms with van der Waals surface area (Å²) in [6.07, 6.45) is 2.03. The zero-order chi connectivity index (χ0) is 17.9. The Labute approximate surface area is 157 Å². The smallest absolute Gasteiger partial charge is 0.182 e. The molecule has 0 aliphatic carbocycles. The van der Waals surface area contributed by atoms with E-state index in [4.69, 9.17) is 0 Å². The van der Waals surface area contributed by atoms with Gasteiger partial charge in [-0.2, -0.15) is 0 Å². The second-order valence-electron chi connectivity index (χ2n) is 6.86. The number of likely N-dealkylation sites (tertiary alicyclic amines) is 1. The topological polar surface area (TPSA) is 45.2 Å². The molecule has 2 aromatic carbocycles. The van der Waals surface area contributed by atoms with E-state index < -0.39 is 0 Å². The molecule has 1 atom stereocenters. The molecule has 134 valence electrons. The lowest BCUT2D eigenvalue weighted by Gasteiger charge is -2.31. The second-order valence-corrected chi connectivity index (χ2v) is 7.72. The number of rotatable bonds is 5. The van der Waals surface area contributed by atoms with Gasteiger partial charge in [-0.25, -0.2) is 4.98 Å². The van der Waals surface area contributed by atoms with Crippen LogP contribution in [-0.4, -0.2) is 35.8 Å². The van der Waals surface area contributed by atoms with E-state index in [1.165, 1.54) is 0 Å². The van der Waals surface area contributed by atoms with Crippen molar-refractivity contribution < 1.29 is 4.79 Å². The monoisotopic (exact) mass is 365 g/mol. The molecular weight excluding hydrogens is 342 g/mol. The van der Waals surface area contributed by atoms with Gasteiger partial charge in [-0.15, -0.1) is 11.3 Å². The molecule has 0 spiro atoms. The van der Waals surface area contributed by atoms with Crippen LogP contribution in [0, 0.1) is 5.92 Å². The Kier molecular flexibility index (Phi) is 5.00. The number of thiazole rings is 1. The number of piperidine rings is 1. The summed E-state index contributed by atoms with van der Waals surface area (Å²) in [5.74, 6) is 0.345. The van der Waals surface area contributed by atoms with Crippen LogP contribution in [0.15, 0.2) is 47.8 Å². The molecule has 1 saturated heterocycles. The van der Waals surface area contributed by atoms with Crippen LogP contribution in [-0.2, 0) is 6.54 Å². The molecule has 0 saturated carbocycles. The molecule has 3 aromatic rings. The fourth-order valence-electron chi connectivity index (χ4n) is 3.80. The Morgan fingerprint density at radius 1 is 1.27 bits per heavy atom. The van der Waals surface area contributed by atoms with Crippen molar-refractivity contribution in [2.24, 2.45) is 5.92 Å². The predicted octanol–water partition coefficient (Wildman–Crippen LogP) is 4.43. The van der Waals surface area contributed by atoms with Crippen LogP contribution in [0.5, 0.6) is 0 Å². The van der Waals surface area contributed by atoms with E-state index in [0.717, 1.165) is 59.6 Å². The lowest BCUT2D eigenvalue weighted by molar-refractivity contribution is 0.0812. The van der Waals surface area contributed by atoms with Gasteiger partial charge in [0.25, 0.3) is 0 Å². The molecule has 0 amide bonds. The van der Waals surface area contributed by atoms with Crippen molar-refractivity contribution in [1.82, 2.24) is 9.88 Å². The number of anilines is 1. The SMILES string of the molecule is CNc1nc(CN2CCC[C@@H](C(=O)c3cccc4ccccc34)C2)cs1. The number of ketones is 1. The quantitative estimate of drug-likeness (QED) is 0.679. The number of hydrogen-bond acceptors (Lipinski definition) is 5. The summed E-state index contributed by atoms with van der Waals surface area (Å²) in [4.78, 5) is 20.2. The number of aromatic nitrogens is 1. The van der Waals surface area contributed by atoms with Crippen LogP contribution in [0.3, 0.4) is 0 Å². The van der Waals surface area contributed by atoms with Gasteiger partial charge in [0, 0.05) is 37.0 Å². The largest absolute Gasteiger partial charge is 0.365 e. The normalized spacial score (nSPS) is 18.1. The van der Waals surface area contributed by atoms with E-state index in [9.17, 15) is 4.79 Å². The van der Waals surface area contributed by atoms with E-state index in [0.29, 0.717) is 0 Å². The zero-order valence-electron chi connectivity index (χ0n) is 14.9. The Balaban J connectivity index is 1.50. The van der Waals surface area contributed by atoms with Crippen molar-refractivity contribution in [3.8, 4) is 0 Å². The number of benzene rings is 2. The first-order chi connectivity index (χ1) is 12.7. The number of nitrogens with one attached hydrogen (secondary N) is 1. The van der Waals surface area contributed by atoms with Gasteiger partial charge in [0.05, 0.1) is 5.69 Å². The number of Topliss-reactive ketones (excluding diaryl/α,β-unsaturated/α-hetero) is 1. The van der Waals surface area contributed by atoms with Crippen LogP contribution < -0.4 is 5.32 Å². The van der Waals surface area contributed by atoms with Gasteiger partial charge < -0.3 is 5.32 Å². The molecule has 1 aliphatic heterocycles. The third kappa shape index (κ3) is 3.50.